The molecular weight excluding hydrogens is 412 g/mol. The van der Waals surface area contributed by atoms with Gasteiger partial charge in [-0.1, -0.05) is 41.1 Å². The van der Waals surface area contributed by atoms with E-state index in [2.05, 4.69) is 34.6 Å². The quantitative estimate of drug-likeness (QED) is 0.569. The summed E-state index contributed by atoms with van der Waals surface area (Å²) in [6, 6.07) is 14.0. The number of hydrogen-bond acceptors (Lipinski definition) is 4. The minimum atomic E-state index is 0.290. The van der Waals surface area contributed by atoms with Gasteiger partial charge in [-0.25, -0.2) is 4.68 Å². The van der Waals surface area contributed by atoms with Gasteiger partial charge in [-0.15, -0.1) is 5.10 Å². The van der Waals surface area contributed by atoms with Crippen molar-refractivity contribution in [2.24, 2.45) is 11.8 Å². The summed E-state index contributed by atoms with van der Waals surface area (Å²) in [4.78, 5) is 14.4. The van der Waals surface area contributed by atoms with Crippen molar-refractivity contribution in [3.05, 3.63) is 53.7 Å². The molecule has 160 valence electrons. The molecule has 0 spiro atoms. The van der Waals surface area contributed by atoms with Gasteiger partial charge in [0.2, 0.25) is 5.91 Å². The second-order valence-electron chi connectivity index (χ2n) is 8.44. The highest BCUT2D eigenvalue weighted by Gasteiger charge is 2.36. The smallest absolute Gasteiger partial charge is 0.225 e. The van der Waals surface area contributed by atoms with Gasteiger partial charge in [0.1, 0.15) is 5.75 Å². The van der Waals surface area contributed by atoms with Gasteiger partial charge in [0, 0.05) is 36.7 Å². The first-order chi connectivity index (χ1) is 15.1. The van der Waals surface area contributed by atoms with Crippen molar-refractivity contribution in [2.45, 2.75) is 25.8 Å². The summed E-state index contributed by atoms with van der Waals surface area (Å²) in [5.41, 5.74) is 4.05. The van der Waals surface area contributed by atoms with Gasteiger partial charge < -0.3 is 9.64 Å². The fourth-order valence-corrected chi connectivity index (χ4v) is 4.59. The Labute approximate surface area is 186 Å². The number of benzene rings is 2. The van der Waals surface area contributed by atoms with Crippen LogP contribution in [-0.4, -0.2) is 46.0 Å². The lowest BCUT2D eigenvalue weighted by Crippen LogP contribution is -2.30. The zero-order valence-electron chi connectivity index (χ0n) is 17.5. The third-order valence-electron chi connectivity index (χ3n) is 6.24. The Morgan fingerprint density at radius 2 is 1.90 bits per heavy atom. The van der Waals surface area contributed by atoms with E-state index in [1.807, 2.05) is 27.8 Å². The summed E-state index contributed by atoms with van der Waals surface area (Å²) < 4.78 is 7.20. The number of likely N-dealkylation sites (tertiary alicyclic amines) is 1. The van der Waals surface area contributed by atoms with Crippen LogP contribution < -0.4 is 4.74 Å². The van der Waals surface area contributed by atoms with Crippen LogP contribution >= 0.6 is 11.6 Å². The molecule has 6 nitrogen and oxygen atoms in total. The number of rotatable bonds is 6. The van der Waals surface area contributed by atoms with Crippen LogP contribution in [-0.2, 0) is 11.3 Å². The minimum absolute atomic E-state index is 0.290. The highest BCUT2D eigenvalue weighted by molar-refractivity contribution is 6.33. The Hall–Kier alpha value is -2.86. The molecule has 2 heterocycles. The van der Waals surface area contributed by atoms with E-state index < -0.39 is 0 Å². The van der Waals surface area contributed by atoms with Gasteiger partial charge in [0.05, 0.1) is 24.0 Å². The molecule has 0 N–H and O–H groups in total. The Morgan fingerprint density at radius 1 is 1.13 bits per heavy atom. The van der Waals surface area contributed by atoms with Crippen LogP contribution in [0.25, 0.3) is 22.4 Å². The number of amides is 1. The van der Waals surface area contributed by atoms with E-state index in [4.69, 9.17) is 16.3 Å². The molecule has 1 amide bonds. The van der Waals surface area contributed by atoms with Crippen LogP contribution in [0, 0.1) is 11.8 Å². The zero-order chi connectivity index (χ0) is 21.4. The number of aromatic nitrogens is 3. The van der Waals surface area contributed by atoms with Crippen LogP contribution in [0.1, 0.15) is 19.3 Å². The molecule has 2 aromatic carbocycles. The molecule has 1 saturated carbocycles. The van der Waals surface area contributed by atoms with Gasteiger partial charge in [0.25, 0.3) is 0 Å². The molecule has 31 heavy (non-hydrogen) atoms. The predicted molar refractivity (Wildman–Crippen MR) is 120 cm³/mol. The first-order valence-corrected chi connectivity index (χ1v) is 11.1. The Morgan fingerprint density at radius 3 is 2.61 bits per heavy atom. The molecule has 0 bridgehead atoms. The largest absolute Gasteiger partial charge is 0.497 e. The van der Waals surface area contributed by atoms with E-state index in [1.54, 1.807) is 13.3 Å². The summed E-state index contributed by atoms with van der Waals surface area (Å²) in [5, 5.41) is 9.12. The molecule has 1 unspecified atom stereocenters. The monoisotopic (exact) mass is 436 g/mol. The number of methoxy groups -OCH3 is 1. The topological polar surface area (TPSA) is 60.3 Å². The maximum absolute atomic E-state index is 12.3. The first-order valence-electron chi connectivity index (χ1n) is 10.7. The maximum Gasteiger partial charge on any atom is 0.225 e. The molecule has 2 fully saturated rings. The number of ether oxygens (including phenoxy) is 1. The van der Waals surface area contributed by atoms with Gasteiger partial charge in [0.15, 0.2) is 0 Å². The molecule has 0 radical (unpaired) electrons. The van der Waals surface area contributed by atoms with E-state index in [0.29, 0.717) is 22.8 Å². The lowest BCUT2D eigenvalue weighted by atomic mass is 10.0. The number of halogens is 1. The number of carbonyl (C=O) groups is 1. The van der Waals surface area contributed by atoms with Crippen molar-refractivity contribution < 1.29 is 9.53 Å². The third kappa shape index (κ3) is 4.17. The van der Waals surface area contributed by atoms with Crippen LogP contribution in [0.15, 0.2) is 48.7 Å². The molecule has 1 atom stereocenters. The first kappa shape index (κ1) is 20.1. The average molecular weight is 437 g/mol. The predicted octanol–water partition coefficient (Wildman–Crippen LogP) is 4.53. The molecule has 1 aliphatic carbocycles. The molecule has 1 aromatic heterocycles. The van der Waals surface area contributed by atoms with Gasteiger partial charge in [-0.3, -0.25) is 4.79 Å². The molecule has 3 aromatic rings. The second kappa shape index (κ2) is 8.35. The fraction of sp³-hybridized carbons (Fsp3) is 0.375. The molecule has 2 aliphatic rings. The Balaban J connectivity index is 1.30. The van der Waals surface area contributed by atoms with E-state index in [1.165, 1.54) is 0 Å². The van der Waals surface area contributed by atoms with Crippen LogP contribution in [0.4, 0.5) is 0 Å². The van der Waals surface area contributed by atoms with Crippen LogP contribution in [0.5, 0.6) is 5.75 Å². The summed E-state index contributed by atoms with van der Waals surface area (Å²) in [6.07, 6.45) is 4.94. The normalized spacial score (nSPS) is 18.4. The van der Waals surface area contributed by atoms with E-state index in [-0.39, 0.29) is 0 Å². The average Bonchev–Trinajstić information content (AvgIpc) is 3.37. The highest BCUT2D eigenvalue weighted by atomic mass is 35.5. The SMILES string of the molecule is COc1ccc(-c2ccc(-c3cnnn3CC3CCN(C(=O)C4CC4)C3)cc2)c(Cl)c1. The lowest BCUT2D eigenvalue weighted by molar-refractivity contribution is -0.131. The van der Waals surface area contributed by atoms with Gasteiger partial charge in [-0.2, -0.15) is 0 Å². The van der Waals surface area contributed by atoms with Crippen LogP contribution in [0.2, 0.25) is 5.02 Å². The number of hydrogen-bond donors (Lipinski definition) is 0. The Bertz CT molecular complexity index is 1090. The molecule has 7 heteroatoms. The standard InChI is InChI=1S/C24H25ClN4O2/c1-31-20-8-9-21(22(25)12-20)17-2-4-18(5-3-17)23-13-26-27-29(23)15-16-10-11-28(14-16)24(30)19-6-7-19/h2-5,8-9,12-13,16,19H,6-7,10-11,14-15H2,1H3. The summed E-state index contributed by atoms with van der Waals surface area (Å²) in [7, 11) is 1.63. The van der Waals surface area contributed by atoms with Gasteiger partial charge in [-0.05, 0) is 48.9 Å². The molecule has 5 rings (SSSR count). The second-order valence-corrected chi connectivity index (χ2v) is 8.84. The van der Waals surface area contributed by atoms with Crippen molar-refractivity contribution >= 4 is 17.5 Å². The fourth-order valence-electron chi connectivity index (χ4n) is 4.31. The third-order valence-corrected chi connectivity index (χ3v) is 6.55. The van der Waals surface area contributed by atoms with E-state index >= 15 is 0 Å². The van der Waals surface area contributed by atoms with E-state index in [9.17, 15) is 4.79 Å². The van der Waals surface area contributed by atoms with Gasteiger partial charge >= 0.3 is 0 Å². The summed E-state index contributed by atoms with van der Waals surface area (Å²) >= 11 is 6.43. The minimum Gasteiger partial charge on any atom is -0.497 e. The van der Waals surface area contributed by atoms with Crippen molar-refractivity contribution in [3.63, 3.8) is 0 Å². The number of carbonyl (C=O) groups excluding carboxylic acids is 1. The van der Waals surface area contributed by atoms with Crippen molar-refractivity contribution in [3.8, 4) is 28.1 Å². The molecular formula is C24H25ClN4O2. The lowest BCUT2D eigenvalue weighted by Gasteiger charge is -2.16. The summed E-state index contributed by atoms with van der Waals surface area (Å²) in [6.45, 7) is 2.46. The van der Waals surface area contributed by atoms with Crippen molar-refractivity contribution in [2.75, 3.05) is 20.2 Å². The summed E-state index contributed by atoms with van der Waals surface area (Å²) in [5.74, 6) is 1.79. The van der Waals surface area contributed by atoms with E-state index in [0.717, 1.165) is 67.0 Å². The number of nitrogens with zero attached hydrogens (tertiary/aromatic N) is 4. The van der Waals surface area contributed by atoms with Crippen molar-refractivity contribution in [1.29, 1.82) is 0 Å². The van der Waals surface area contributed by atoms with Crippen molar-refractivity contribution in [1.82, 2.24) is 19.9 Å². The molecule has 1 saturated heterocycles. The maximum atomic E-state index is 12.3. The van der Waals surface area contributed by atoms with Crippen LogP contribution in [0.3, 0.4) is 0 Å². The highest BCUT2D eigenvalue weighted by Crippen LogP contribution is 2.34. The zero-order valence-corrected chi connectivity index (χ0v) is 18.3. The Kier molecular flexibility index (Phi) is 5.40. The molecule has 1 aliphatic heterocycles.